The van der Waals surface area contributed by atoms with E-state index in [1.807, 2.05) is 36.4 Å². The van der Waals surface area contributed by atoms with Crippen molar-refractivity contribution in [1.82, 2.24) is 4.98 Å². The van der Waals surface area contributed by atoms with Crippen LogP contribution in [0.2, 0.25) is 4.34 Å². The maximum Gasteiger partial charge on any atom is 0.195 e. The van der Waals surface area contributed by atoms with E-state index in [4.69, 9.17) is 11.6 Å². The largest absolute Gasteiger partial charge is 0.299 e. The fourth-order valence-corrected chi connectivity index (χ4v) is 7.00. The van der Waals surface area contributed by atoms with Gasteiger partial charge in [0.15, 0.2) is 15.6 Å². The number of benzene rings is 2. The number of nitrogens with zero attached hydrogens (tertiary/aromatic N) is 1. The molecule has 37 heavy (non-hydrogen) atoms. The Kier molecular flexibility index (Phi) is 9.94. The first kappa shape index (κ1) is 30.4. The molecule has 0 spiro atoms. The van der Waals surface area contributed by atoms with Gasteiger partial charge in [0.2, 0.25) is 0 Å². The number of hydrogen-bond donors (Lipinski definition) is 0. The van der Waals surface area contributed by atoms with E-state index in [1.54, 1.807) is 24.5 Å². The van der Waals surface area contributed by atoms with Crippen LogP contribution >= 0.6 is 22.9 Å². The average Bonchev–Trinajstić information content (AvgIpc) is 3.51. The van der Waals surface area contributed by atoms with Crippen molar-refractivity contribution >= 4 is 55.1 Å². The van der Waals surface area contributed by atoms with Gasteiger partial charge in [0.25, 0.3) is 0 Å². The number of sulfone groups is 1. The van der Waals surface area contributed by atoms with Crippen molar-refractivity contribution in [3.63, 3.8) is 0 Å². The highest BCUT2D eigenvalue weighted by molar-refractivity contribution is 7.94. The summed E-state index contributed by atoms with van der Waals surface area (Å²) in [6.07, 6.45) is 4.73. The summed E-state index contributed by atoms with van der Waals surface area (Å²) in [7, 11) is -3.73. The smallest absolute Gasteiger partial charge is 0.195 e. The molecular formula is C29H32ClNO4S2. The Balaban J connectivity index is 0.00000160. The Morgan fingerprint density at radius 3 is 2.35 bits per heavy atom. The molecular weight excluding hydrogens is 526 g/mol. The third kappa shape index (κ3) is 6.72. The van der Waals surface area contributed by atoms with Gasteiger partial charge in [0, 0.05) is 35.7 Å². The van der Waals surface area contributed by atoms with Crippen molar-refractivity contribution < 1.29 is 18.0 Å². The third-order valence-electron chi connectivity index (χ3n) is 6.12. The highest BCUT2D eigenvalue weighted by Gasteiger charge is 2.43. The first-order valence-corrected chi connectivity index (χ1v) is 13.6. The van der Waals surface area contributed by atoms with Gasteiger partial charge in [0.05, 0.1) is 4.34 Å². The van der Waals surface area contributed by atoms with Crippen molar-refractivity contribution in [2.75, 3.05) is 5.75 Å². The zero-order valence-corrected chi connectivity index (χ0v) is 20.4. The number of aromatic nitrogens is 1. The Morgan fingerprint density at radius 1 is 0.946 bits per heavy atom. The highest BCUT2D eigenvalue weighted by Crippen LogP contribution is 2.48. The van der Waals surface area contributed by atoms with Crippen LogP contribution in [-0.4, -0.2) is 30.7 Å². The Labute approximate surface area is 228 Å². The van der Waals surface area contributed by atoms with Crippen LogP contribution in [0.1, 0.15) is 56.1 Å². The number of carbonyl (C=O) groups is 2. The fraction of sp³-hybridized carbons (Fsp3) is 0.276. The molecule has 0 saturated heterocycles. The highest BCUT2D eigenvalue weighted by atomic mass is 35.5. The fourth-order valence-electron chi connectivity index (χ4n) is 4.20. The lowest BCUT2D eigenvalue weighted by Crippen LogP contribution is -2.15. The maximum atomic E-state index is 12.8. The molecule has 0 N–H and O–H groups in total. The van der Waals surface area contributed by atoms with Crippen LogP contribution in [-0.2, 0) is 21.1 Å². The average molecular weight is 558 g/mol. The molecule has 8 heteroatoms. The molecule has 1 aliphatic rings. The molecule has 2 aromatic heterocycles. The predicted molar refractivity (Wildman–Crippen MR) is 154 cm³/mol. The quantitative estimate of drug-likeness (QED) is 0.210. The van der Waals surface area contributed by atoms with Gasteiger partial charge in [-0.15, -0.1) is 11.3 Å². The summed E-state index contributed by atoms with van der Waals surface area (Å²) >= 11 is 6.76. The number of pyridine rings is 1. The topological polar surface area (TPSA) is 81.2 Å². The normalized spacial score (nSPS) is 16.1. The Morgan fingerprint density at radius 2 is 1.68 bits per heavy atom. The summed E-state index contributed by atoms with van der Waals surface area (Å²) in [5.74, 6) is -0.752. The molecule has 5 rings (SSSR count). The van der Waals surface area contributed by atoms with Crippen LogP contribution in [0.5, 0.6) is 0 Å². The van der Waals surface area contributed by atoms with E-state index in [2.05, 4.69) is 4.98 Å². The van der Waals surface area contributed by atoms with E-state index in [0.717, 1.165) is 39.7 Å². The number of Topliss-reactive ketones (excluding diaryl/α,β-unsaturated/α-hetero) is 2. The van der Waals surface area contributed by atoms with E-state index in [0.29, 0.717) is 16.3 Å². The minimum atomic E-state index is -3.73. The van der Waals surface area contributed by atoms with Gasteiger partial charge in [-0.05, 0) is 47.1 Å². The van der Waals surface area contributed by atoms with Gasteiger partial charge in [-0.1, -0.05) is 76.3 Å². The molecule has 1 aliphatic carbocycles. The summed E-state index contributed by atoms with van der Waals surface area (Å²) in [5, 5.41) is 2.11. The standard InChI is InChI=1S/C26H20ClNO4S2.3CH4/c27-25-7-8-26(33-25)34(31,32)15-24(30)18-5-3-17(4-6-18)21-13-22(21)23(29)12-16-1-2-20-14-28-10-9-19(20)11-16;;;/h1-11,14,21-22H,12-13,15H2;3*1H4/t21-,22+;;;/m0.../s1. The number of thiophene rings is 1. The summed E-state index contributed by atoms with van der Waals surface area (Å²) in [5.41, 5.74) is 2.32. The molecule has 2 heterocycles. The molecule has 0 unspecified atom stereocenters. The van der Waals surface area contributed by atoms with Gasteiger partial charge in [-0.3, -0.25) is 14.6 Å². The van der Waals surface area contributed by atoms with Crippen LogP contribution in [0.3, 0.4) is 0 Å². The monoisotopic (exact) mass is 557 g/mol. The molecule has 0 amide bonds. The SMILES string of the molecule is C.C.C.O=C(CS(=O)(=O)c1ccc(Cl)s1)c1ccc([C@@H]2C[C@H]2C(=O)Cc2ccc3cnccc3c2)cc1. The van der Waals surface area contributed by atoms with Crippen LogP contribution in [0.25, 0.3) is 10.8 Å². The van der Waals surface area contributed by atoms with Gasteiger partial charge in [0.1, 0.15) is 15.7 Å². The number of carbonyl (C=O) groups excluding carboxylic acids is 2. The lowest BCUT2D eigenvalue weighted by molar-refractivity contribution is -0.119. The second-order valence-corrected chi connectivity index (χ2v) is 12.4. The zero-order valence-electron chi connectivity index (χ0n) is 18.0. The number of rotatable bonds is 8. The minimum Gasteiger partial charge on any atom is -0.299 e. The molecule has 4 aromatic rings. The van der Waals surface area contributed by atoms with Crippen LogP contribution in [0.4, 0.5) is 0 Å². The summed E-state index contributed by atoms with van der Waals surface area (Å²) in [4.78, 5) is 29.5. The van der Waals surface area contributed by atoms with Crippen LogP contribution < -0.4 is 0 Å². The van der Waals surface area contributed by atoms with Crippen molar-refractivity contribution in [3.05, 3.63) is 94.1 Å². The van der Waals surface area contributed by atoms with Gasteiger partial charge >= 0.3 is 0 Å². The van der Waals surface area contributed by atoms with Crippen molar-refractivity contribution in [2.45, 2.75) is 45.2 Å². The van der Waals surface area contributed by atoms with E-state index < -0.39 is 21.4 Å². The Hall–Kier alpha value is -2.87. The first-order chi connectivity index (χ1) is 16.3. The summed E-state index contributed by atoms with van der Waals surface area (Å²) in [6, 6.07) is 17.8. The lowest BCUT2D eigenvalue weighted by atomic mass is 10.00. The molecule has 0 bridgehead atoms. The minimum absolute atomic E-state index is 0. The number of hydrogen-bond acceptors (Lipinski definition) is 6. The number of ketones is 2. The molecule has 0 radical (unpaired) electrons. The van der Waals surface area contributed by atoms with E-state index in [1.165, 1.54) is 12.1 Å². The zero-order chi connectivity index (χ0) is 23.9. The van der Waals surface area contributed by atoms with Crippen molar-refractivity contribution in [1.29, 1.82) is 0 Å². The van der Waals surface area contributed by atoms with E-state index in [-0.39, 0.29) is 44.1 Å². The van der Waals surface area contributed by atoms with Crippen LogP contribution in [0, 0.1) is 5.92 Å². The molecule has 1 saturated carbocycles. The second kappa shape index (κ2) is 12.1. The van der Waals surface area contributed by atoms with Gasteiger partial charge in [-0.2, -0.15) is 0 Å². The summed E-state index contributed by atoms with van der Waals surface area (Å²) in [6.45, 7) is 0. The molecule has 0 aliphatic heterocycles. The number of halogens is 1. The maximum absolute atomic E-state index is 12.8. The molecule has 1 fully saturated rings. The van der Waals surface area contributed by atoms with E-state index >= 15 is 0 Å². The van der Waals surface area contributed by atoms with E-state index in [9.17, 15) is 18.0 Å². The Bertz CT molecular complexity index is 1510. The third-order valence-corrected chi connectivity index (χ3v) is 9.55. The predicted octanol–water partition coefficient (Wildman–Crippen LogP) is 7.43. The van der Waals surface area contributed by atoms with Gasteiger partial charge < -0.3 is 0 Å². The second-order valence-electron chi connectivity index (χ2n) is 8.51. The van der Waals surface area contributed by atoms with Crippen molar-refractivity contribution in [3.8, 4) is 0 Å². The lowest BCUT2D eigenvalue weighted by Gasteiger charge is -2.05. The molecule has 196 valence electrons. The molecule has 5 nitrogen and oxygen atoms in total. The summed E-state index contributed by atoms with van der Waals surface area (Å²) < 4.78 is 25.3. The van der Waals surface area contributed by atoms with Crippen molar-refractivity contribution in [2.24, 2.45) is 5.92 Å². The van der Waals surface area contributed by atoms with Crippen LogP contribution in [0.15, 0.2) is 77.3 Å². The molecule has 2 atom stereocenters. The van der Waals surface area contributed by atoms with Gasteiger partial charge in [-0.25, -0.2) is 8.42 Å². The number of fused-ring (bicyclic) bond motifs is 1. The first-order valence-electron chi connectivity index (χ1n) is 10.8. The molecule has 2 aromatic carbocycles.